The van der Waals surface area contributed by atoms with Gasteiger partial charge in [0.1, 0.15) is 5.75 Å². The molecule has 0 fully saturated rings. The number of rotatable bonds is 11. The van der Waals surface area contributed by atoms with E-state index in [1.54, 1.807) is 32.3 Å². The Morgan fingerprint density at radius 1 is 0.964 bits per heavy atom. The van der Waals surface area contributed by atoms with Crippen LogP contribution in [0.4, 0.5) is 10.5 Å². The van der Waals surface area contributed by atoms with Crippen molar-refractivity contribution in [3.8, 4) is 5.75 Å². The Bertz CT molecular complexity index is 720. The van der Waals surface area contributed by atoms with Crippen LogP contribution >= 0.6 is 11.6 Å². The van der Waals surface area contributed by atoms with Gasteiger partial charge in [0.25, 0.3) is 0 Å². The van der Waals surface area contributed by atoms with Crippen LogP contribution in [0, 0.1) is 0 Å². The summed E-state index contributed by atoms with van der Waals surface area (Å²) in [5, 5.41) is 3.28. The zero-order chi connectivity index (χ0) is 20.2. The molecule has 152 valence electrons. The lowest BCUT2D eigenvalue weighted by Crippen LogP contribution is -2.27. The number of hydrogen-bond acceptors (Lipinski definition) is 2. The Morgan fingerprint density at radius 2 is 1.64 bits per heavy atom. The molecule has 0 aromatic heterocycles. The first-order valence-corrected chi connectivity index (χ1v) is 10.4. The van der Waals surface area contributed by atoms with E-state index < -0.39 is 0 Å². The third-order valence-electron chi connectivity index (χ3n) is 4.55. The van der Waals surface area contributed by atoms with Crippen molar-refractivity contribution in [3.05, 3.63) is 59.1 Å². The van der Waals surface area contributed by atoms with Crippen LogP contribution in [0.5, 0.6) is 5.75 Å². The quantitative estimate of drug-likeness (QED) is 0.442. The van der Waals surface area contributed by atoms with Crippen LogP contribution < -0.4 is 10.1 Å². The lowest BCUT2D eigenvalue weighted by molar-refractivity contribution is 0.230. The summed E-state index contributed by atoms with van der Waals surface area (Å²) in [5.74, 6) is 0.660. The number of nitrogens with zero attached hydrogens (tertiary/aromatic N) is 1. The number of hydrogen-bond donors (Lipinski definition) is 1. The van der Waals surface area contributed by atoms with Crippen molar-refractivity contribution in [1.82, 2.24) is 4.90 Å². The highest BCUT2D eigenvalue weighted by Crippen LogP contribution is 2.28. The smallest absolute Gasteiger partial charge is 0.321 e. The van der Waals surface area contributed by atoms with Crippen LogP contribution in [0.1, 0.15) is 44.1 Å². The van der Waals surface area contributed by atoms with Crippen LogP contribution in [0.2, 0.25) is 5.02 Å². The maximum atomic E-state index is 11.7. The van der Waals surface area contributed by atoms with Gasteiger partial charge in [-0.3, -0.25) is 0 Å². The maximum Gasteiger partial charge on any atom is 0.321 e. The molecular formula is C23H31ClN2O2. The van der Waals surface area contributed by atoms with Gasteiger partial charge in [0.05, 0.1) is 11.6 Å². The molecule has 0 aliphatic rings. The normalized spacial score (nSPS) is 10.5. The summed E-state index contributed by atoms with van der Waals surface area (Å²) in [6, 6.07) is 15.8. The summed E-state index contributed by atoms with van der Waals surface area (Å²) in [5.41, 5.74) is 2.09. The molecule has 0 aliphatic heterocycles. The molecule has 0 spiro atoms. The lowest BCUT2D eigenvalue weighted by Gasteiger charge is -2.13. The summed E-state index contributed by atoms with van der Waals surface area (Å²) < 4.78 is 5.77. The minimum atomic E-state index is -0.187. The van der Waals surface area contributed by atoms with Crippen LogP contribution in [0.25, 0.3) is 0 Å². The molecule has 4 nitrogen and oxygen atoms in total. The molecule has 1 N–H and O–H groups in total. The molecular weight excluding hydrogens is 372 g/mol. The summed E-state index contributed by atoms with van der Waals surface area (Å²) in [6.45, 7) is 0.660. The van der Waals surface area contributed by atoms with Gasteiger partial charge in [-0.15, -0.1) is 0 Å². The third kappa shape index (κ3) is 8.22. The molecule has 0 bridgehead atoms. The minimum Gasteiger partial charge on any atom is -0.492 e. The maximum absolute atomic E-state index is 11.7. The number of amides is 2. The number of unbranched alkanes of at least 4 members (excludes halogenated alkanes) is 5. The first-order chi connectivity index (χ1) is 13.6. The van der Waals surface area contributed by atoms with Crippen LogP contribution in [-0.4, -0.2) is 31.6 Å². The topological polar surface area (TPSA) is 41.6 Å². The van der Waals surface area contributed by atoms with E-state index in [-0.39, 0.29) is 6.03 Å². The average molecular weight is 403 g/mol. The highest BCUT2D eigenvalue weighted by Gasteiger charge is 2.07. The molecule has 2 aromatic carbocycles. The zero-order valence-electron chi connectivity index (χ0n) is 16.9. The Labute approximate surface area is 173 Å². The second kappa shape index (κ2) is 12.3. The molecule has 2 aromatic rings. The number of carbonyl (C=O) groups is 1. The first kappa shape index (κ1) is 22.1. The van der Waals surface area contributed by atoms with E-state index in [9.17, 15) is 4.79 Å². The van der Waals surface area contributed by atoms with Crippen molar-refractivity contribution in [2.45, 2.75) is 44.9 Å². The highest BCUT2D eigenvalue weighted by atomic mass is 35.5. The molecule has 0 radical (unpaired) electrons. The monoisotopic (exact) mass is 402 g/mol. The van der Waals surface area contributed by atoms with Crippen molar-refractivity contribution in [2.24, 2.45) is 0 Å². The van der Waals surface area contributed by atoms with E-state index in [1.165, 1.54) is 49.0 Å². The zero-order valence-corrected chi connectivity index (χ0v) is 17.7. The number of carbonyl (C=O) groups excluding carboxylic acids is 1. The van der Waals surface area contributed by atoms with E-state index in [0.717, 1.165) is 6.42 Å². The van der Waals surface area contributed by atoms with Gasteiger partial charge in [-0.1, -0.05) is 67.6 Å². The Balaban J connectivity index is 1.55. The van der Waals surface area contributed by atoms with E-state index >= 15 is 0 Å². The van der Waals surface area contributed by atoms with Gasteiger partial charge >= 0.3 is 6.03 Å². The summed E-state index contributed by atoms with van der Waals surface area (Å²) >= 11 is 6.25. The van der Waals surface area contributed by atoms with Crippen molar-refractivity contribution in [3.63, 3.8) is 0 Å². The van der Waals surface area contributed by atoms with E-state index in [0.29, 0.717) is 23.1 Å². The Hall–Kier alpha value is -2.20. The predicted octanol–water partition coefficient (Wildman–Crippen LogP) is 6.40. The van der Waals surface area contributed by atoms with E-state index in [2.05, 4.69) is 35.6 Å². The highest BCUT2D eigenvalue weighted by molar-refractivity contribution is 6.32. The SMILES string of the molecule is CN(C)C(=O)Nc1ccc(OCCCCCCCCc2ccccc2)c(Cl)c1. The number of nitrogens with one attached hydrogen (secondary N) is 1. The summed E-state index contributed by atoms with van der Waals surface area (Å²) in [7, 11) is 3.38. The molecule has 2 rings (SSSR count). The van der Waals surface area contributed by atoms with Gasteiger partial charge in [0.2, 0.25) is 0 Å². The molecule has 2 amide bonds. The van der Waals surface area contributed by atoms with Crippen molar-refractivity contribution in [1.29, 1.82) is 0 Å². The number of aryl methyl sites for hydroxylation is 1. The van der Waals surface area contributed by atoms with Gasteiger partial charge in [0.15, 0.2) is 0 Å². The van der Waals surface area contributed by atoms with Gasteiger partial charge in [-0.25, -0.2) is 4.79 Å². The van der Waals surface area contributed by atoms with Crippen molar-refractivity contribution < 1.29 is 9.53 Å². The Kier molecular flexibility index (Phi) is 9.70. The molecule has 0 aliphatic carbocycles. The molecule has 0 atom stereocenters. The largest absolute Gasteiger partial charge is 0.492 e. The first-order valence-electron chi connectivity index (χ1n) is 10.0. The molecule has 28 heavy (non-hydrogen) atoms. The fourth-order valence-corrected chi connectivity index (χ4v) is 3.13. The minimum absolute atomic E-state index is 0.187. The molecule has 0 saturated carbocycles. The molecule has 0 heterocycles. The van der Waals surface area contributed by atoms with E-state index in [4.69, 9.17) is 16.3 Å². The van der Waals surface area contributed by atoms with Gasteiger partial charge < -0.3 is 15.0 Å². The summed E-state index contributed by atoms with van der Waals surface area (Å²) in [4.78, 5) is 13.1. The van der Waals surface area contributed by atoms with Crippen LogP contribution in [0.15, 0.2) is 48.5 Å². The van der Waals surface area contributed by atoms with Gasteiger partial charge in [-0.05, 0) is 43.0 Å². The van der Waals surface area contributed by atoms with Crippen molar-refractivity contribution in [2.75, 3.05) is 26.0 Å². The fraction of sp³-hybridized carbons (Fsp3) is 0.435. The second-order valence-electron chi connectivity index (χ2n) is 7.18. The molecule has 0 unspecified atom stereocenters. The Morgan fingerprint density at radius 3 is 2.32 bits per heavy atom. The average Bonchev–Trinajstić information content (AvgIpc) is 2.68. The van der Waals surface area contributed by atoms with Gasteiger partial charge in [-0.2, -0.15) is 0 Å². The van der Waals surface area contributed by atoms with Crippen molar-refractivity contribution >= 4 is 23.3 Å². The van der Waals surface area contributed by atoms with E-state index in [1.807, 2.05) is 0 Å². The number of benzene rings is 2. The molecule has 5 heteroatoms. The lowest BCUT2D eigenvalue weighted by atomic mass is 10.1. The number of halogens is 1. The third-order valence-corrected chi connectivity index (χ3v) is 4.84. The van der Waals surface area contributed by atoms with Crippen LogP contribution in [-0.2, 0) is 6.42 Å². The summed E-state index contributed by atoms with van der Waals surface area (Å²) in [6.07, 6.45) is 8.41. The number of ether oxygens (including phenoxy) is 1. The van der Waals surface area contributed by atoms with Crippen LogP contribution in [0.3, 0.4) is 0 Å². The standard InChI is InChI=1S/C23H31ClN2O2/c1-26(2)23(27)25-20-15-16-22(21(24)18-20)28-17-11-6-4-3-5-8-12-19-13-9-7-10-14-19/h7,9-10,13-16,18H,3-6,8,11-12,17H2,1-2H3,(H,25,27). The van der Waals surface area contributed by atoms with Gasteiger partial charge in [0, 0.05) is 19.8 Å². The molecule has 0 saturated heterocycles. The number of urea groups is 1. The number of anilines is 1. The second-order valence-corrected chi connectivity index (χ2v) is 7.58. The predicted molar refractivity (Wildman–Crippen MR) is 118 cm³/mol. The fourth-order valence-electron chi connectivity index (χ4n) is 2.90.